The van der Waals surface area contributed by atoms with Crippen molar-refractivity contribution in [1.29, 1.82) is 0 Å². The molecule has 0 aliphatic rings. The van der Waals surface area contributed by atoms with Crippen molar-refractivity contribution in [2.45, 2.75) is 6.92 Å². The smallest absolute Gasteiger partial charge is 0.325 e. The first kappa shape index (κ1) is 21.3. The fourth-order valence-electron chi connectivity index (χ4n) is 2.22. The molecule has 2 aromatic rings. The van der Waals surface area contributed by atoms with Gasteiger partial charge in [0.1, 0.15) is 6.54 Å². The SMILES string of the molecule is Cc1cc(C(=O)NCC(=O)OCC(=O)Nc2cccc(I)c2)ccc1[N+](=O)[O-]. The van der Waals surface area contributed by atoms with Crippen LogP contribution in [0, 0.1) is 20.6 Å². The molecule has 0 heterocycles. The summed E-state index contributed by atoms with van der Waals surface area (Å²) in [6.45, 7) is 0.581. The van der Waals surface area contributed by atoms with Crippen molar-refractivity contribution < 1.29 is 24.0 Å². The minimum absolute atomic E-state index is 0.102. The van der Waals surface area contributed by atoms with Crippen LogP contribution in [0.15, 0.2) is 42.5 Å². The normalized spacial score (nSPS) is 10.1. The molecule has 0 aliphatic heterocycles. The van der Waals surface area contributed by atoms with E-state index in [1.165, 1.54) is 25.1 Å². The average molecular weight is 497 g/mol. The second kappa shape index (κ2) is 9.78. The Morgan fingerprint density at radius 3 is 2.57 bits per heavy atom. The van der Waals surface area contributed by atoms with Crippen molar-refractivity contribution >= 4 is 51.7 Å². The van der Waals surface area contributed by atoms with Crippen LogP contribution in [0.25, 0.3) is 0 Å². The Kier molecular flexibility index (Phi) is 7.44. The van der Waals surface area contributed by atoms with Crippen molar-refractivity contribution in [2.75, 3.05) is 18.5 Å². The van der Waals surface area contributed by atoms with E-state index in [1.54, 1.807) is 18.2 Å². The van der Waals surface area contributed by atoms with Crippen LogP contribution < -0.4 is 10.6 Å². The van der Waals surface area contributed by atoms with Gasteiger partial charge >= 0.3 is 5.97 Å². The second-order valence-corrected chi connectivity index (χ2v) is 6.91. The van der Waals surface area contributed by atoms with E-state index in [0.29, 0.717) is 11.3 Å². The van der Waals surface area contributed by atoms with E-state index < -0.39 is 35.9 Å². The van der Waals surface area contributed by atoms with Gasteiger partial charge in [-0.1, -0.05) is 6.07 Å². The van der Waals surface area contributed by atoms with Gasteiger partial charge in [-0.2, -0.15) is 0 Å². The molecule has 0 radical (unpaired) electrons. The van der Waals surface area contributed by atoms with Crippen molar-refractivity contribution in [3.63, 3.8) is 0 Å². The first-order valence-electron chi connectivity index (χ1n) is 8.00. The monoisotopic (exact) mass is 497 g/mol. The van der Waals surface area contributed by atoms with E-state index in [2.05, 4.69) is 33.2 Å². The molecule has 10 heteroatoms. The van der Waals surface area contributed by atoms with Crippen molar-refractivity contribution in [2.24, 2.45) is 0 Å². The minimum atomic E-state index is -0.787. The molecule has 0 atom stereocenters. The highest BCUT2D eigenvalue weighted by atomic mass is 127. The Labute approximate surface area is 173 Å². The van der Waals surface area contributed by atoms with E-state index in [9.17, 15) is 24.5 Å². The zero-order chi connectivity index (χ0) is 20.7. The van der Waals surface area contributed by atoms with E-state index in [0.717, 1.165) is 3.57 Å². The number of amides is 2. The molecule has 0 fully saturated rings. The number of nitro benzene ring substituents is 1. The van der Waals surface area contributed by atoms with Crippen LogP contribution in [0.4, 0.5) is 11.4 Å². The van der Waals surface area contributed by atoms with Crippen LogP contribution in [0.1, 0.15) is 15.9 Å². The van der Waals surface area contributed by atoms with E-state index in [1.807, 2.05) is 6.07 Å². The summed E-state index contributed by atoms with van der Waals surface area (Å²) in [7, 11) is 0. The maximum Gasteiger partial charge on any atom is 0.325 e. The largest absolute Gasteiger partial charge is 0.454 e. The highest BCUT2D eigenvalue weighted by Crippen LogP contribution is 2.18. The molecule has 0 bridgehead atoms. The van der Waals surface area contributed by atoms with Crippen LogP contribution in [0.5, 0.6) is 0 Å². The number of hydrogen-bond donors (Lipinski definition) is 2. The molecule has 2 rings (SSSR count). The van der Waals surface area contributed by atoms with Crippen LogP contribution in [0.2, 0.25) is 0 Å². The van der Waals surface area contributed by atoms with Gasteiger partial charge in [-0.25, -0.2) is 0 Å². The number of halogens is 1. The summed E-state index contributed by atoms with van der Waals surface area (Å²) >= 11 is 2.10. The Hall–Kier alpha value is -3.02. The number of nitrogens with one attached hydrogen (secondary N) is 2. The summed E-state index contributed by atoms with van der Waals surface area (Å²) in [5, 5.41) is 15.7. The summed E-state index contributed by atoms with van der Waals surface area (Å²) in [6.07, 6.45) is 0. The fraction of sp³-hybridized carbons (Fsp3) is 0.167. The van der Waals surface area contributed by atoms with Crippen molar-refractivity contribution in [3.05, 3.63) is 67.3 Å². The Bertz CT molecular complexity index is 931. The lowest BCUT2D eigenvalue weighted by molar-refractivity contribution is -0.385. The fourth-order valence-corrected chi connectivity index (χ4v) is 2.76. The number of benzene rings is 2. The number of hydrogen-bond acceptors (Lipinski definition) is 6. The van der Waals surface area contributed by atoms with Gasteiger partial charge in [-0.3, -0.25) is 24.5 Å². The molecule has 0 spiro atoms. The van der Waals surface area contributed by atoms with Crippen molar-refractivity contribution in [1.82, 2.24) is 5.32 Å². The summed E-state index contributed by atoms with van der Waals surface area (Å²) < 4.78 is 5.75. The van der Waals surface area contributed by atoms with E-state index >= 15 is 0 Å². The minimum Gasteiger partial charge on any atom is -0.454 e. The van der Waals surface area contributed by atoms with Gasteiger partial charge in [0, 0.05) is 26.5 Å². The lowest BCUT2D eigenvalue weighted by Crippen LogP contribution is -2.32. The zero-order valence-corrected chi connectivity index (χ0v) is 16.9. The van der Waals surface area contributed by atoms with Crippen molar-refractivity contribution in [3.8, 4) is 0 Å². The zero-order valence-electron chi connectivity index (χ0n) is 14.7. The van der Waals surface area contributed by atoms with Crippen LogP contribution in [0.3, 0.4) is 0 Å². The van der Waals surface area contributed by atoms with Crippen LogP contribution in [-0.2, 0) is 14.3 Å². The van der Waals surface area contributed by atoms with Gasteiger partial charge in [0.15, 0.2) is 6.61 Å². The summed E-state index contributed by atoms with van der Waals surface area (Å²) in [6, 6.07) is 11.0. The van der Waals surface area contributed by atoms with Gasteiger partial charge in [0.2, 0.25) is 0 Å². The highest BCUT2D eigenvalue weighted by Gasteiger charge is 2.15. The third-order valence-corrected chi connectivity index (χ3v) is 4.19. The van der Waals surface area contributed by atoms with Crippen LogP contribution >= 0.6 is 22.6 Å². The molecule has 0 unspecified atom stereocenters. The predicted octanol–water partition coefficient (Wildman–Crippen LogP) is 2.42. The van der Waals surface area contributed by atoms with Gasteiger partial charge in [-0.05, 0) is 59.8 Å². The molecule has 0 aromatic heterocycles. The average Bonchev–Trinajstić information content (AvgIpc) is 2.64. The van der Waals surface area contributed by atoms with Gasteiger partial charge in [0.05, 0.1) is 4.92 Å². The maximum atomic E-state index is 12.0. The van der Waals surface area contributed by atoms with Crippen LogP contribution in [-0.4, -0.2) is 35.9 Å². The molecule has 0 aliphatic carbocycles. The number of rotatable bonds is 7. The molecule has 0 saturated carbocycles. The number of nitro groups is 1. The summed E-state index contributed by atoms with van der Waals surface area (Å²) in [5.74, 6) is -1.88. The number of carbonyl (C=O) groups excluding carboxylic acids is 3. The molecule has 2 N–H and O–H groups in total. The first-order chi connectivity index (χ1) is 13.3. The van der Waals surface area contributed by atoms with E-state index in [-0.39, 0.29) is 11.3 Å². The third-order valence-electron chi connectivity index (χ3n) is 3.52. The predicted molar refractivity (Wildman–Crippen MR) is 109 cm³/mol. The molecule has 146 valence electrons. The maximum absolute atomic E-state index is 12.0. The Morgan fingerprint density at radius 2 is 1.93 bits per heavy atom. The Balaban J connectivity index is 1.78. The quantitative estimate of drug-likeness (QED) is 0.262. The highest BCUT2D eigenvalue weighted by molar-refractivity contribution is 14.1. The standard InChI is InChI=1S/C18H16IN3O6/c1-11-7-12(5-6-15(11)22(26)27)18(25)20-9-17(24)28-10-16(23)21-14-4-2-3-13(19)8-14/h2-8H,9-10H2,1H3,(H,20,25)(H,21,23). The van der Waals surface area contributed by atoms with Gasteiger partial charge in [0.25, 0.3) is 17.5 Å². The number of esters is 1. The summed E-state index contributed by atoms with van der Waals surface area (Å²) in [5.41, 5.74) is 0.977. The molecular weight excluding hydrogens is 481 g/mol. The van der Waals surface area contributed by atoms with E-state index in [4.69, 9.17) is 4.74 Å². The van der Waals surface area contributed by atoms with Gasteiger partial charge < -0.3 is 15.4 Å². The molecule has 2 aromatic carbocycles. The number of anilines is 1. The van der Waals surface area contributed by atoms with Gasteiger partial charge in [-0.15, -0.1) is 0 Å². The second-order valence-electron chi connectivity index (χ2n) is 5.66. The number of aryl methyl sites for hydroxylation is 1. The molecule has 28 heavy (non-hydrogen) atoms. The first-order valence-corrected chi connectivity index (χ1v) is 9.08. The number of nitrogens with zero attached hydrogens (tertiary/aromatic N) is 1. The molecule has 9 nitrogen and oxygen atoms in total. The molecular formula is C18H16IN3O6. The molecule has 2 amide bonds. The topological polar surface area (TPSA) is 128 Å². The lowest BCUT2D eigenvalue weighted by Gasteiger charge is -2.08. The third kappa shape index (κ3) is 6.30. The summed E-state index contributed by atoms with van der Waals surface area (Å²) in [4.78, 5) is 45.7. The number of ether oxygens (including phenoxy) is 1. The lowest BCUT2D eigenvalue weighted by atomic mass is 10.1. The number of carbonyl (C=O) groups is 3. The molecule has 0 saturated heterocycles. The Morgan fingerprint density at radius 1 is 1.18 bits per heavy atom.